The average molecular weight is 204 g/mol. The number of esters is 1. The molecule has 0 aromatic heterocycles. The molecule has 2 N–H and O–H groups in total. The molecule has 84 valence electrons. The summed E-state index contributed by atoms with van der Waals surface area (Å²) in [6.07, 6.45) is -0.275. The Balaban J connectivity index is 3.55. The molecule has 0 radical (unpaired) electrons. The van der Waals surface area contributed by atoms with E-state index in [0.717, 1.165) is 0 Å². The highest BCUT2D eigenvalue weighted by Crippen LogP contribution is 2.08. The second-order valence-corrected chi connectivity index (χ2v) is 3.78. The summed E-state index contributed by atoms with van der Waals surface area (Å²) in [7, 11) is 0. The van der Waals surface area contributed by atoms with E-state index in [4.69, 9.17) is 14.9 Å². The Morgan fingerprint density at radius 3 is 2.29 bits per heavy atom. The molecule has 0 rings (SSSR count). The molecule has 0 heterocycles. The van der Waals surface area contributed by atoms with Gasteiger partial charge >= 0.3 is 5.97 Å². The van der Waals surface area contributed by atoms with E-state index in [1.807, 2.05) is 0 Å². The van der Waals surface area contributed by atoms with Crippen molar-refractivity contribution in [3.8, 4) is 0 Å². The van der Waals surface area contributed by atoms with Crippen molar-refractivity contribution in [3.05, 3.63) is 0 Å². The molecule has 0 bridgehead atoms. The molecule has 0 saturated heterocycles. The Hall–Kier alpha value is -0.610. The summed E-state index contributed by atoms with van der Waals surface area (Å²) < 4.78 is 4.86. The Labute approximate surface area is 84.9 Å². The van der Waals surface area contributed by atoms with Gasteiger partial charge in [-0.1, -0.05) is 6.92 Å². The highest BCUT2D eigenvalue weighted by Gasteiger charge is 2.14. The molecule has 0 fully saturated rings. The van der Waals surface area contributed by atoms with Gasteiger partial charge in [-0.25, -0.2) is 0 Å². The molecule has 0 amide bonds. The summed E-state index contributed by atoms with van der Waals surface area (Å²) in [6, 6.07) is 0. The largest absolute Gasteiger partial charge is 0.466 e. The zero-order valence-electron chi connectivity index (χ0n) is 9.06. The first-order valence-corrected chi connectivity index (χ1v) is 4.95. The first-order chi connectivity index (χ1) is 6.43. The Morgan fingerprint density at radius 2 is 1.86 bits per heavy atom. The van der Waals surface area contributed by atoms with Crippen LogP contribution in [0.3, 0.4) is 0 Å². The number of carbonyl (C=O) groups excluding carboxylic acids is 1. The minimum absolute atomic E-state index is 0.0888. The summed E-state index contributed by atoms with van der Waals surface area (Å²) in [4.78, 5) is 11.1. The summed E-state index contributed by atoms with van der Waals surface area (Å²) in [5.74, 6) is -0.409. The van der Waals surface area contributed by atoms with Crippen molar-refractivity contribution >= 4 is 5.97 Å². The molecule has 0 aliphatic rings. The van der Waals surface area contributed by atoms with E-state index in [0.29, 0.717) is 6.42 Å². The topological polar surface area (TPSA) is 66.8 Å². The number of aliphatic hydroxyl groups excluding tert-OH is 2. The molecule has 4 nitrogen and oxygen atoms in total. The first kappa shape index (κ1) is 13.4. The number of rotatable bonds is 6. The lowest BCUT2D eigenvalue weighted by Crippen LogP contribution is -2.19. The normalized spacial score (nSPS) is 17.2. The van der Waals surface area contributed by atoms with Crippen LogP contribution in [-0.2, 0) is 9.53 Å². The maximum atomic E-state index is 11.1. The van der Waals surface area contributed by atoms with E-state index in [-0.39, 0.29) is 24.9 Å². The maximum absolute atomic E-state index is 11.1. The average Bonchev–Trinajstić information content (AvgIpc) is 2.02. The zero-order chi connectivity index (χ0) is 11.1. The third kappa shape index (κ3) is 6.86. The van der Waals surface area contributed by atoms with Gasteiger partial charge in [0.2, 0.25) is 0 Å². The molecular weight excluding hydrogens is 184 g/mol. The van der Waals surface area contributed by atoms with Crippen molar-refractivity contribution in [2.45, 2.75) is 45.8 Å². The minimum Gasteiger partial charge on any atom is -0.466 e. The Morgan fingerprint density at radius 1 is 1.29 bits per heavy atom. The lowest BCUT2D eigenvalue weighted by atomic mass is 10.0. The molecule has 3 unspecified atom stereocenters. The van der Waals surface area contributed by atoms with E-state index in [1.165, 1.54) is 0 Å². The summed E-state index contributed by atoms with van der Waals surface area (Å²) in [6.45, 7) is 5.32. The summed E-state index contributed by atoms with van der Waals surface area (Å²) >= 11 is 0. The van der Waals surface area contributed by atoms with Crippen LogP contribution in [0.1, 0.15) is 33.6 Å². The molecule has 0 aliphatic heterocycles. The van der Waals surface area contributed by atoms with Gasteiger partial charge in [-0.2, -0.15) is 0 Å². The number of hydrogen-bond donors (Lipinski definition) is 2. The molecular formula is C10H20O4. The number of hydrogen-bond acceptors (Lipinski definition) is 4. The minimum atomic E-state index is -0.501. The van der Waals surface area contributed by atoms with E-state index in [1.54, 1.807) is 20.8 Å². The van der Waals surface area contributed by atoms with E-state index >= 15 is 0 Å². The molecule has 0 aliphatic carbocycles. The predicted molar refractivity (Wildman–Crippen MR) is 52.7 cm³/mol. The Kier molecular flexibility index (Phi) is 6.49. The van der Waals surface area contributed by atoms with Crippen molar-refractivity contribution in [2.24, 2.45) is 5.92 Å². The number of carbonyl (C=O) groups is 1. The lowest BCUT2D eigenvalue weighted by molar-refractivity contribution is -0.146. The van der Waals surface area contributed by atoms with E-state index < -0.39 is 12.2 Å². The Bertz CT molecular complexity index is 166. The number of ether oxygens (including phenoxy) is 1. The van der Waals surface area contributed by atoms with Crippen LogP contribution >= 0.6 is 0 Å². The number of aliphatic hydroxyl groups is 2. The van der Waals surface area contributed by atoms with Gasteiger partial charge in [0.15, 0.2) is 0 Å². The van der Waals surface area contributed by atoms with Crippen LogP contribution in [0, 0.1) is 5.92 Å². The maximum Gasteiger partial charge on any atom is 0.306 e. The molecule has 3 atom stereocenters. The predicted octanol–water partition coefficient (Wildman–Crippen LogP) is 0.707. The van der Waals surface area contributed by atoms with Gasteiger partial charge in [0, 0.05) is 6.42 Å². The molecule has 0 aromatic rings. The molecule has 4 heteroatoms. The standard InChI is InChI=1S/C10H20O4/c1-7(9(3)12)6-10(13)14-5-4-8(2)11/h7-9,11-12H,4-6H2,1-3H3. The van der Waals surface area contributed by atoms with Gasteiger partial charge in [-0.3, -0.25) is 4.79 Å². The molecule has 14 heavy (non-hydrogen) atoms. The van der Waals surface area contributed by atoms with Crippen molar-refractivity contribution < 1.29 is 19.7 Å². The van der Waals surface area contributed by atoms with Crippen LogP contribution in [0.2, 0.25) is 0 Å². The van der Waals surface area contributed by atoms with E-state index in [2.05, 4.69) is 0 Å². The fourth-order valence-corrected chi connectivity index (χ4v) is 0.836. The summed E-state index contributed by atoms with van der Waals surface area (Å²) in [5.41, 5.74) is 0. The van der Waals surface area contributed by atoms with Gasteiger partial charge in [0.05, 0.1) is 25.2 Å². The van der Waals surface area contributed by atoms with Gasteiger partial charge in [-0.15, -0.1) is 0 Å². The quantitative estimate of drug-likeness (QED) is 0.625. The fourth-order valence-electron chi connectivity index (χ4n) is 0.836. The molecule has 0 saturated carbocycles. The molecule has 0 spiro atoms. The molecule has 0 aromatic carbocycles. The second kappa shape index (κ2) is 6.79. The van der Waals surface area contributed by atoms with Crippen LogP contribution in [0.15, 0.2) is 0 Å². The van der Waals surface area contributed by atoms with Crippen molar-refractivity contribution in [1.82, 2.24) is 0 Å². The lowest BCUT2D eigenvalue weighted by Gasteiger charge is -2.13. The van der Waals surface area contributed by atoms with Crippen molar-refractivity contribution in [3.63, 3.8) is 0 Å². The van der Waals surface area contributed by atoms with Crippen molar-refractivity contribution in [1.29, 1.82) is 0 Å². The second-order valence-electron chi connectivity index (χ2n) is 3.78. The monoisotopic (exact) mass is 204 g/mol. The zero-order valence-corrected chi connectivity index (χ0v) is 9.06. The van der Waals surface area contributed by atoms with E-state index in [9.17, 15) is 4.79 Å². The van der Waals surface area contributed by atoms with Crippen molar-refractivity contribution in [2.75, 3.05) is 6.61 Å². The van der Waals surface area contributed by atoms with Crippen LogP contribution in [0.4, 0.5) is 0 Å². The van der Waals surface area contributed by atoms with Gasteiger partial charge in [0.1, 0.15) is 0 Å². The van der Waals surface area contributed by atoms with Crippen LogP contribution in [0.25, 0.3) is 0 Å². The fraction of sp³-hybridized carbons (Fsp3) is 0.900. The van der Waals surface area contributed by atoms with Crippen LogP contribution in [0.5, 0.6) is 0 Å². The first-order valence-electron chi connectivity index (χ1n) is 4.95. The van der Waals surface area contributed by atoms with Crippen LogP contribution in [-0.4, -0.2) is 35.0 Å². The SMILES string of the molecule is CC(O)CCOC(=O)CC(C)C(C)O. The highest BCUT2D eigenvalue weighted by atomic mass is 16.5. The van der Waals surface area contributed by atoms with Crippen LogP contribution < -0.4 is 0 Å². The third-order valence-corrected chi connectivity index (χ3v) is 2.11. The third-order valence-electron chi connectivity index (χ3n) is 2.11. The van der Waals surface area contributed by atoms with Gasteiger partial charge in [0.25, 0.3) is 0 Å². The highest BCUT2D eigenvalue weighted by molar-refractivity contribution is 5.69. The summed E-state index contributed by atoms with van der Waals surface area (Å²) in [5, 5.41) is 18.0. The van der Waals surface area contributed by atoms with Gasteiger partial charge < -0.3 is 14.9 Å². The van der Waals surface area contributed by atoms with Gasteiger partial charge in [-0.05, 0) is 19.8 Å². The smallest absolute Gasteiger partial charge is 0.306 e.